The van der Waals surface area contributed by atoms with Crippen molar-refractivity contribution in [3.63, 3.8) is 0 Å². The number of tetrazole rings is 1. The molecule has 0 radical (unpaired) electrons. The normalized spacial score (nSPS) is 10.6. The second kappa shape index (κ2) is 11.5. The van der Waals surface area contributed by atoms with Crippen molar-refractivity contribution in [1.29, 1.82) is 0 Å². The molecule has 0 aliphatic heterocycles. The Balaban J connectivity index is 1.49. The van der Waals surface area contributed by atoms with Crippen LogP contribution in [0.15, 0.2) is 46.9 Å². The van der Waals surface area contributed by atoms with Crippen molar-refractivity contribution in [3.8, 4) is 5.75 Å². The van der Waals surface area contributed by atoms with Crippen LogP contribution < -0.4 is 10.1 Å². The molecule has 164 valence electrons. The van der Waals surface area contributed by atoms with Crippen molar-refractivity contribution in [2.24, 2.45) is 0 Å². The second-order valence-corrected chi connectivity index (χ2v) is 8.49. The number of carbonyl (C=O) groups is 2. The number of carbonyl (C=O) groups excluding carboxylic acids is 2. The summed E-state index contributed by atoms with van der Waals surface area (Å²) in [6.45, 7) is 3.27. The maximum atomic E-state index is 12.6. The third kappa shape index (κ3) is 6.79. The van der Waals surface area contributed by atoms with E-state index in [9.17, 15) is 9.59 Å². The van der Waals surface area contributed by atoms with E-state index in [2.05, 4.69) is 20.8 Å². The maximum absolute atomic E-state index is 12.6. The predicted octanol–water partition coefficient (Wildman–Crippen LogP) is 2.05. The van der Waals surface area contributed by atoms with Gasteiger partial charge in [0, 0.05) is 11.4 Å². The van der Waals surface area contributed by atoms with Gasteiger partial charge in [0.2, 0.25) is 17.0 Å². The third-order valence-corrected chi connectivity index (χ3v) is 6.24. The topological polar surface area (TPSA) is 102 Å². The predicted molar refractivity (Wildman–Crippen MR) is 119 cm³/mol. The van der Waals surface area contributed by atoms with Gasteiger partial charge in [-0.3, -0.25) is 9.59 Å². The van der Waals surface area contributed by atoms with E-state index in [0.29, 0.717) is 24.8 Å². The first-order valence-corrected chi connectivity index (χ1v) is 11.5. The lowest BCUT2D eigenvalue weighted by atomic mass is 10.2. The van der Waals surface area contributed by atoms with Crippen LogP contribution in [0.4, 0.5) is 0 Å². The lowest BCUT2D eigenvalue weighted by Gasteiger charge is -2.20. The molecule has 0 saturated heterocycles. The van der Waals surface area contributed by atoms with E-state index >= 15 is 0 Å². The number of hydrogen-bond acceptors (Lipinski definition) is 8. The van der Waals surface area contributed by atoms with Gasteiger partial charge in [0.15, 0.2) is 0 Å². The van der Waals surface area contributed by atoms with E-state index in [4.69, 9.17) is 4.74 Å². The van der Waals surface area contributed by atoms with Crippen LogP contribution in [0.1, 0.15) is 17.4 Å². The summed E-state index contributed by atoms with van der Waals surface area (Å²) >= 11 is 2.83. The Hall–Kier alpha value is -2.92. The first kappa shape index (κ1) is 22.8. The van der Waals surface area contributed by atoms with E-state index in [1.165, 1.54) is 16.7 Å². The Morgan fingerprint density at radius 2 is 2.06 bits per heavy atom. The highest BCUT2D eigenvalue weighted by molar-refractivity contribution is 7.99. The maximum Gasteiger partial charge on any atom is 0.239 e. The van der Waals surface area contributed by atoms with E-state index in [1.807, 2.05) is 48.7 Å². The van der Waals surface area contributed by atoms with E-state index in [0.717, 1.165) is 16.2 Å². The van der Waals surface area contributed by atoms with Gasteiger partial charge in [-0.2, -0.15) is 0 Å². The van der Waals surface area contributed by atoms with Gasteiger partial charge in [0.05, 0.1) is 32.5 Å². The summed E-state index contributed by atoms with van der Waals surface area (Å²) in [6, 6.07) is 11.5. The van der Waals surface area contributed by atoms with Crippen molar-refractivity contribution in [2.45, 2.75) is 25.2 Å². The van der Waals surface area contributed by atoms with Crippen LogP contribution in [0.2, 0.25) is 0 Å². The summed E-state index contributed by atoms with van der Waals surface area (Å²) in [5.41, 5.74) is 1.01. The summed E-state index contributed by atoms with van der Waals surface area (Å²) in [5.74, 6) is 0.602. The van der Waals surface area contributed by atoms with Gasteiger partial charge in [0.25, 0.3) is 0 Å². The Bertz CT molecular complexity index is 975. The molecular formula is C20H24N6O3S2. The summed E-state index contributed by atoms with van der Waals surface area (Å²) in [7, 11) is 1.62. The van der Waals surface area contributed by atoms with Gasteiger partial charge >= 0.3 is 0 Å². The lowest BCUT2D eigenvalue weighted by molar-refractivity contribution is -0.133. The second-order valence-electron chi connectivity index (χ2n) is 6.52. The molecule has 0 aliphatic carbocycles. The molecule has 0 fully saturated rings. The minimum atomic E-state index is -0.182. The van der Waals surface area contributed by atoms with Crippen molar-refractivity contribution < 1.29 is 14.3 Å². The molecule has 9 nitrogen and oxygen atoms in total. The van der Waals surface area contributed by atoms with Crippen LogP contribution in [0.5, 0.6) is 5.75 Å². The summed E-state index contributed by atoms with van der Waals surface area (Å²) in [5, 5.41) is 17.1. The quantitative estimate of drug-likeness (QED) is 0.437. The fourth-order valence-corrected chi connectivity index (χ4v) is 4.15. The SMILES string of the molecule is CCN(CC(=O)NCc1cccs1)C(=O)CSc1nnnn1Cc1ccc(OC)cc1. The Labute approximate surface area is 188 Å². The third-order valence-electron chi connectivity index (χ3n) is 4.42. The van der Waals surface area contributed by atoms with Gasteiger partial charge in [-0.25, -0.2) is 4.68 Å². The Kier molecular flexibility index (Phi) is 8.42. The van der Waals surface area contributed by atoms with Gasteiger partial charge in [0.1, 0.15) is 5.75 Å². The molecule has 2 amide bonds. The summed E-state index contributed by atoms with van der Waals surface area (Å²) in [4.78, 5) is 27.4. The molecule has 0 atom stereocenters. The fraction of sp³-hybridized carbons (Fsp3) is 0.350. The van der Waals surface area contributed by atoms with E-state index < -0.39 is 0 Å². The molecular weight excluding hydrogens is 436 g/mol. The molecule has 31 heavy (non-hydrogen) atoms. The van der Waals surface area contributed by atoms with Gasteiger partial charge in [-0.05, 0) is 46.5 Å². The zero-order valence-electron chi connectivity index (χ0n) is 17.4. The number of thioether (sulfide) groups is 1. The molecule has 0 spiro atoms. The number of thiophene rings is 1. The van der Waals surface area contributed by atoms with Gasteiger partial charge in [-0.15, -0.1) is 16.4 Å². The molecule has 2 aromatic heterocycles. The molecule has 1 N–H and O–H groups in total. The smallest absolute Gasteiger partial charge is 0.239 e. The Morgan fingerprint density at radius 3 is 2.74 bits per heavy atom. The van der Waals surface area contributed by atoms with Crippen molar-refractivity contribution in [3.05, 3.63) is 52.2 Å². The molecule has 3 rings (SSSR count). The molecule has 1 aromatic carbocycles. The minimum Gasteiger partial charge on any atom is -0.497 e. The molecule has 3 aromatic rings. The summed E-state index contributed by atoms with van der Waals surface area (Å²) < 4.78 is 6.81. The number of benzene rings is 1. The zero-order chi connectivity index (χ0) is 22.1. The fourth-order valence-electron chi connectivity index (χ4n) is 2.72. The number of hydrogen-bond donors (Lipinski definition) is 1. The van der Waals surface area contributed by atoms with Crippen LogP contribution in [0.3, 0.4) is 0 Å². The van der Waals surface area contributed by atoms with Gasteiger partial charge < -0.3 is 15.0 Å². The van der Waals surface area contributed by atoms with Crippen LogP contribution in [-0.4, -0.2) is 62.9 Å². The number of rotatable bonds is 11. The number of nitrogens with zero attached hydrogens (tertiary/aromatic N) is 5. The van der Waals surface area contributed by atoms with Gasteiger partial charge in [-0.1, -0.05) is 30.0 Å². The summed E-state index contributed by atoms with van der Waals surface area (Å²) in [6.07, 6.45) is 0. The van der Waals surface area contributed by atoms with Crippen LogP contribution in [-0.2, 0) is 22.7 Å². The molecule has 11 heteroatoms. The van der Waals surface area contributed by atoms with Crippen molar-refractivity contribution >= 4 is 34.9 Å². The average Bonchev–Trinajstić information content (AvgIpc) is 3.47. The monoisotopic (exact) mass is 460 g/mol. The molecule has 0 bridgehead atoms. The lowest BCUT2D eigenvalue weighted by Crippen LogP contribution is -2.41. The van der Waals surface area contributed by atoms with E-state index in [-0.39, 0.29) is 24.1 Å². The largest absolute Gasteiger partial charge is 0.497 e. The first-order valence-electron chi connectivity index (χ1n) is 9.67. The first-order chi connectivity index (χ1) is 15.1. The standard InChI is InChI=1S/C20H24N6O3S2/c1-3-25(13-18(27)21-11-17-5-4-10-30-17)19(28)14-31-20-22-23-24-26(20)12-15-6-8-16(29-2)9-7-15/h4-10H,3,11-14H2,1-2H3,(H,21,27). The number of methoxy groups -OCH3 is 1. The number of aromatic nitrogens is 4. The van der Waals surface area contributed by atoms with E-state index in [1.54, 1.807) is 23.1 Å². The molecule has 0 saturated carbocycles. The minimum absolute atomic E-state index is 0.0259. The Morgan fingerprint density at radius 1 is 1.26 bits per heavy atom. The number of nitrogens with one attached hydrogen (secondary N) is 1. The number of amides is 2. The highest BCUT2D eigenvalue weighted by Gasteiger charge is 2.18. The van der Waals surface area contributed by atoms with Crippen LogP contribution in [0.25, 0.3) is 0 Å². The number of ether oxygens (including phenoxy) is 1. The molecule has 0 aliphatic rings. The zero-order valence-corrected chi connectivity index (χ0v) is 19.0. The highest BCUT2D eigenvalue weighted by atomic mass is 32.2. The van der Waals surface area contributed by atoms with Crippen LogP contribution in [0, 0.1) is 0 Å². The molecule has 2 heterocycles. The van der Waals surface area contributed by atoms with Crippen LogP contribution >= 0.6 is 23.1 Å². The van der Waals surface area contributed by atoms with Crippen molar-refractivity contribution in [2.75, 3.05) is 26.0 Å². The number of likely N-dealkylation sites (N-methyl/N-ethyl adjacent to an activating group) is 1. The highest BCUT2D eigenvalue weighted by Crippen LogP contribution is 2.17. The molecule has 0 unspecified atom stereocenters. The average molecular weight is 461 g/mol. The van der Waals surface area contributed by atoms with Crippen molar-refractivity contribution in [1.82, 2.24) is 30.4 Å².